The first kappa shape index (κ1) is 10.2. The third kappa shape index (κ3) is 4.54. The van der Waals surface area contributed by atoms with Crippen LogP contribution in [0.1, 0.15) is 33.1 Å². The van der Waals surface area contributed by atoms with E-state index in [1.807, 2.05) is 0 Å². The molecular formula is C10H16O. The van der Waals surface area contributed by atoms with Crippen molar-refractivity contribution in [3.8, 4) is 0 Å². The monoisotopic (exact) mass is 152 g/mol. The van der Waals surface area contributed by atoms with Crippen LogP contribution in [0.3, 0.4) is 0 Å². The normalized spacial score (nSPS) is 11.3. The average molecular weight is 152 g/mol. The molecule has 0 saturated heterocycles. The van der Waals surface area contributed by atoms with E-state index in [-0.39, 0.29) is 5.78 Å². The Kier molecular flexibility index (Phi) is 5.44. The van der Waals surface area contributed by atoms with Gasteiger partial charge in [0.15, 0.2) is 5.78 Å². The molecule has 0 fully saturated rings. The van der Waals surface area contributed by atoms with Gasteiger partial charge in [-0.3, -0.25) is 4.79 Å². The van der Waals surface area contributed by atoms with Gasteiger partial charge in [-0.15, -0.1) is 0 Å². The topological polar surface area (TPSA) is 17.1 Å². The fourth-order valence-electron chi connectivity index (χ4n) is 0.886. The largest absolute Gasteiger partial charge is 0.295 e. The van der Waals surface area contributed by atoms with Crippen molar-refractivity contribution in [3.63, 3.8) is 0 Å². The molecule has 0 amide bonds. The molecule has 0 N–H and O–H groups in total. The van der Waals surface area contributed by atoms with Crippen molar-refractivity contribution < 1.29 is 4.79 Å². The Hall–Kier alpha value is -0.850. The number of ketones is 1. The molecule has 0 aromatic carbocycles. The predicted molar refractivity (Wildman–Crippen MR) is 48.5 cm³/mol. The summed E-state index contributed by atoms with van der Waals surface area (Å²) < 4.78 is 0. The lowest BCUT2D eigenvalue weighted by Crippen LogP contribution is -1.95. The third-order valence-electron chi connectivity index (χ3n) is 1.57. The first-order chi connectivity index (χ1) is 5.22. The molecule has 0 saturated carbocycles. The number of rotatable bonds is 5. The first-order valence-electron chi connectivity index (χ1n) is 4.05. The van der Waals surface area contributed by atoms with Crippen LogP contribution < -0.4 is 0 Å². The Bertz CT molecular complexity index is 166. The van der Waals surface area contributed by atoms with Gasteiger partial charge in [0.1, 0.15) is 0 Å². The minimum atomic E-state index is 0.165. The van der Waals surface area contributed by atoms with Gasteiger partial charge >= 0.3 is 0 Å². The molecule has 0 unspecified atom stereocenters. The van der Waals surface area contributed by atoms with Crippen LogP contribution >= 0.6 is 0 Å². The van der Waals surface area contributed by atoms with Gasteiger partial charge in [-0.05, 0) is 25.3 Å². The van der Waals surface area contributed by atoms with E-state index in [1.54, 1.807) is 19.1 Å². The first-order valence-corrected chi connectivity index (χ1v) is 4.05. The summed E-state index contributed by atoms with van der Waals surface area (Å²) in [5.41, 5.74) is 0.891. The lowest BCUT2D eigenvalue weighted by atomic mass is 10.1. The number of unbranched alkanes of at least 4 members (excludes halogenated alkanes) is 1. The van der Waals surface area contributed by atoms with Crippen LogP contribution in [0.2, 0.25) is 0 Å². The van der Waals surface area contributed by atoms with E-state index in [4.69, 9.17) is 0 Å². The van der Waals surface area contributed by atoms with Crippen LogP contribution in [0, 0.1) is 0 Å². The third-order valence-corrected chi connectivity index (χ3v) is 1.57. The van der Waals surface area contributed by atoms with Gasteiger partial charge in [0.2, 0.25) is 0 Å². The second kappa shape index (κ2) is 5.90. The quantitative estimate of drug-likeness (QED) is 0.437. The number of carbonyl (C=O) groups is 1. The van der Waals surface area contributed by atoms with Crippen molar-refractivity contribution in [2.75, 3.05) is 0 Å². The van der Waals surface area contributed by atoms with Gasteiger partial charge in [-0.1, -0.05) is 32.1 Å². The molecule has 11 heavy (non-hydrogen) atoms. The molecule has 1 nitrogen and oxygen atoms in total. The summed E-state index contributed by atoms with van der Waals surface area (Å²) in [4.78, 5) is 10.9. The molecule has 0 aliphatic heterocycles. The smallest absolute Gasteiger partial charge is 0.155 e. The molecule has 0 rings (SSSR count). The summed E-state index contributed by atoms with van der Waals surface area (Å²) in [5, 5.41) is 0. The maximum atomic E-state index is 10.9. The Morgan fingerprint density at radius 2 is 2.18 bits per heavy atom. The lowest BCUT2D eigenvalue weighted by Gasteiger charge is -1.99. The predicted octanol–water partition coefficient (Wildman–Crippen LogP) is 2.88. The van der Waals surface area contributed by atoms with Gasteiger partial charge in [-0.25, -0.2) is 0 Å². The van der Waals surface area contributed by atoms with Gasteiger partial charge in [-0.2, -0.15) is 0 Å². The summed E-state index contributed by atoms with van der Waals surface area (Å²) in [5.74, 6) is 0.165. The highest BCUT2D eigenvalue weighted by Crippen LogP contribution is 2.07. The van der Waals surface area contributed by atoms with Gasteiger partial charge in [0, 0.05) is 0 Å². The van der Waals surface area contributed by atoms with Crippen LogP contribution in [-0.4, -0.2) is 5.78 Å². The zero-order valence-corrected chi connectivity index (χ0v) is 7.39. The summed E-state index contributed by atoms with van der Waals surface area (Å²) >= 11 is 0. The van der Waals surface area contributed by atoms with Crippen molar-refractivity contribution in [3.05, 3.63) is 24.3 Å². The highest BCUT2D eigenvalue weighted by Gasteiger charge is 2.00. The Balaban J connectivity index is 4.00. The highest BCUT2D eigenvalue weighted by molar-refractivity contribution is 5.93. The maximum Gasteiger partial charge on any atom is 0.155 e. The van der Waals surface area contributed by atoms with Crippen LogP contribution in [0.25, 0.3) is 0 Å². The van der Waals surface area contributed by atoms with Crippen molar-refractivity contribution in [2.45, 2.75) is 33.1 Å². The molecule has 0 radical (unpaired) electrons. The van der Waals surface area contributed by atoms with E-state index in [0.29, 0.717) is 0 Å². The number of hydrogen-bond acceptors (Lipinski definition) is 1. The van der Waals surface area contributed by atoms with E-state index < -0.39 is 0 Å². The average Bonchev–Trinajstić information content (AvgIpc) is 1.97. The van der Waals surface area contributed by atoms with E-state index in [9.17, 15) is 4.79 Å². The van der Waals surface area contributed by atoms with E-state index >= 15 is 0 Å². The lowest BCUT2D eigenvalue weighted by molar-refractivity contribution is -0.113. The summed E-state index contributed by atoms with van der Waals surface area (Å²) in [6.45, 7) is 7.28. The summed E-state index contributed by atoms with van der Waals surface area (Å²) in [6.07, 6.45) is 6.57. The van der Waals surface area contributed by atoms with Crippen LogP contribution in [0.5, 0.6) is 0 Å². The number of Topliss-reactive ketones (excluding diaryl/α,β-unsaturated/α-hetero) is 1. The minimum absolute atomic E-state index is 0.165. The van der Waals surface area contributed by atoms with Crippen LogP contribution in [0.4, 0.5) is 0 Å². The standard InChI is InChI=1S/C10H16O/c1-4-6-8-10(7-5-2)9(3)11/h5,7H,2,4,6,8H2,1,3H3/b10-7+. The maximum absolute atomic E-state index is 10.9. The Morgan fingerprint density at radius 1 is 1.55 bits per heavy atom. The fraction of sp³-hybridized carbons (Fsp3) is 0.500. The SMILES string of the molecule is C=C/C=C(\CCCC)C(C)=O. The molecular weight excluding hydrogens is 136 g/mol. The molecule has 62 valence electrons. The van der Waals surface area contributed by atoms with E-state index in [0.717, 1.165) is 24.8 Å². The van der Waals surface area contributed by atoms with Crippen LogP contribution in [0.15, 0.2) is 24.3 Å². The summed E-state index contributed by atoms with van der Waals surface area (Å²) in [7, 11) is 0. The fourth-order valence-corrected chi connectivity index (χ4v) is 0.886. The second-order valence-corrected chi connectivity index (χ2v) is 2.59. The molecule has 0 aromatic rings. The van der Waals surface area contributed by atoms with Crippen molar-refractivity contribution >= 4 is 5.78 Å². The van der Waals surface area contributed by atoms with Crippen molar-refractivity contribution in [2.24, 2.45) is 0 Å². The molecule has 0 atom stereocenters. The van der Waals surface area contributed by atoms with Gasteiger partial charge in [0.25, 0.3) is 0 Å². The Labute approximate surface area is 68.8 Å². The number of allylic oxidation sites excluding steroid dienone is 3. The minimum Gasteiger partial charge on any atom is -0.295 e. The summed E-state index contributed by atoms with van der Waals surface area (Å²) in [6, 6.07) is 0. The van der Waals surface area contributed by atoms with Crippen molar-refractivity contribution in [1.82, 2.24) is 0 Å². The van der Waals surface area contributed by atoms with Crippen molar-refractivity contribution in [1.29, 1.82) is 0 Å². The molecule has 0 spiro atoms. The van der Waals surface area contributed by atoms with Crippen LogP contribution in [-0.2, 0) is 4.79 Å². The number of carbonyl (C=O) groups excluding carboxylic acids is 1. The molecule has 0 bridgehead atoms. The zero-order valence-electron chi connectivity index (χ0n) is 7.39. The number of hydrogen-bond donors (Lipinski definition) is 0. The highest BCUT2D eigenvalue weighted by atomic mass is 16.1. The van der Waals surface area contributed by atoms with E-state index in [1.165, 1.54) is 0 Å². The molecule has 0 heterocycles. The Morgan fingerprint density at radius 3 is 2.55 bits per heavy atom. The zero-order chi connectivity index (χ0) is 8.69. The molecule has 1 heteroatoms. The van der Waals surface area contributed by atoms with Gasteiger partial charge < -0.3 is 0 Å². The van der Waals surface area contributed by atoms with E-state index in [2.05, 4.69) is 13.5 Å². The second-order valence-electron chi connectivity index (χ2n) is 2.59. The molecule has 0 aromatic heterocycles. The molecule has 0 aliphatic rings. The molecule has 0 aliphatic carbocycles. The van der Waals surface area contributed by atoms with Gasteiger partial charge in [0.05, 0.1) is 0 Å².